The zero-order chi connectivity index (χ0) is 17.7. The van der Waals surface area contributed by atoms with Crippen molar-refractivity contribution < 1.29 is 14.8 Å². The lowest BCUT2D eigenvalue weighted by atomic mass is 10.1. The van der Waals surface area contributed by atoms with Crippen LogP contribution in [-0.2, 0) is 4.79 Å². The van der Waals surface area contributed by atoms with E-state index in [1.54, 1.807) is 7.11 Å². The number of quaternary nitrogens is 1. The van der Waals surface area contributed by atoms with Gasteiger partial charge in [-0.05, 0) is 72.1 Å². The second-order valence-electron chi connectivity index (χ2n) is 5.92. The maximum atomic E-state index is 12.2. The first-order valence-corrected chi connectivity index (χ1v) is 8.74. The first kappa shape index (κ1) is 18.5. The molecule has 24 heavy (non-hydrogen) atoms. The number of ether oxygens (including phenoxy) is 1. The SMILES string of the molecule is COc1ccc([C@@H](C)[NH2+]CC(=O)Nc2cccc(C)c2C)cc1Br. The topological polar surface area (TPSA) is 54.9 Å². The maximum Gasteiger partial charge on any atom is 0.279 e. The second-order valence-corrected chi connectivity index (χ2v) is 6.77. The number of nitrogens with one attached hydrogen (secondary N) is 1. The van der Waals surface area contributed by atoms with Gasteiger partial charge in [0.2, 0.25) is 0 Å². The summed E-state index contributed by atoms with van der Waals surface area (Å²) in [5.41, 5.74) is 4.31. The Kier molecular flexibility index (Phi) is 6.40. The molecular weight excluding hydrogens is 368 g/mol. The minimum atomic E-state index is 0.00290. The maximum absolute atomic E-state index is 12.2. The van der Waals surface area contributed by atoms with E-state index in [0.717, 1.165) is 27.0 Å². The lowest BCUT2D eigenvalue weighted by Gasteiger charge is -2.14. The van der Waals surface area contributed by atoms with Crippen LogP contribution in [0.1, 0.15) is 29.7 Å². The van der Waals surface area contributed by atoms with Crippen LogP contribution in [0.25, 0.3) is 0 Å². The molecule has 4 nitrogen and oxygen atoms in total. The molecule has 1 amide bonds. The number of hydrogen-bond donors (Lipinski definition) is 2. The van der Waals surface area contributed by atoms with Crippen LogP contribution >= 0.6 is 15.9 Å². The minimum Gasteiger partial charge on any atom is -0.496 e. The monoisotopic (exact) mass is 391 g/mol. The fourth-order valence-electron chi connectivity index (χ4n) is 2.47. The molecule has 2 aromatic carbocycles. The number of anilines is 1. The highest BCUT2D eigenvalue weighted by molar-refractivity contribution is 9.10. The van der Waals surface area contributed by atoms with Crippen molar-refractivity contribution >= 4 is 27.5 Å². The Morgan fingerprint density at radius 1 is 1.29 bits per heavy atom. The highest BCUT2D eigenvalue weighted by Gasteiger charge is 2.14. The van der Waals surface area contributed by atoms with Gasteiger partial charge < -0.3 is 15.4 Å². The third-order valence-corrected chi connectivity index (χ3v) is 4.86. The van der Waals surface area contributed by atoms with E-state index in [2.05, 4.69) is 28.2 Å². The lowest BCUT2D eigenvalue weighted by molar-refractivity contribution is -0.682. The van der Waals surface area contributed by atoms with Crippen molar-refractivity contribution in [3.63, 3.8) is 0 Å². The Hall–Kier alpha value is -1.85. The Bertz CT molecular complexity index is 731. The van der Waals surface area contributed by atoms with Crippen molar-refractivity contribution in [1.82, 2.24) is 0 Å². The number of carbonyl (C=O) groups excluding carboxylic acids is 1. The van der Waals surface area contributed by atoms with E-state index in [0.29, 0.717) is 6.54 Å². The summed E-state index contributed by atoms with van der Waals surface area (Å²) in [5, 5.41) is 5.01. The van der Waals surface area contributed by atoms with Crippen LogP contribution in [0.2, 0.25) is 0 Å². The molecule has 128 valence electrons. The van der Waals surface area contributed by atoms with Crippen LogP contribution in [0.15, 0.2) is 40.9 Å². The van der Waals surface area contributed by atoms with Crippen LogP contribution in [0.5, 0.6) is 5.75 Å². The number of rotatable bonds is 6. The van der Waals surface area contributed by atoms with Gasteiger partial charge in [-0.2, -0.15) is 0 Å². The summed E-state index contributed by atoms with van der Waals surface area (Å²) >= 11 is 3.50. The van der Waals surface area contributed by atoms with Crippen LogP contribution in [0.4, 0.5) is 5.69 Å². The highest BCUT2D eigenvalue weighted by atomic mass is 79.9. The van der Waals surface area contributed by atoms with E-state index < -0.39 is 0 Å². The number of hydrogen-bond acceptors (Lipinski definition) is 2. The molecule has 5 heteroatoms. The molecule has 0 fully saturated rings. The molecule has 0 radical (unpaired) electrons. The predicted octanol–water partition coefficient (Wildman–Crippen LogP) is 3.34. The molecule has 0 unspecified atom stereocenters. The summed E-state index contributed by atoms with van der Waals surface area (Å²) in [6.45, 7) is 6.52. The number of aryl methyl sites for hydroxylation is 1. The molecule has 0 saturated carbocycles. The summed E-state index contributed by atoms with van der Waals surface area (Å²) in [5.74, 6) is 0.807. The fourth-order valence-corrected chi connectivity index (χ4v) is 3.03. The summed E-state index contributed by atoms with van der Waals surface area (Å²) in [4.78, 5) is 12.2. The first-order valence-electron chi connectivity index (χ1n) is 7.95. The van der Waals surface area contributed by atoms with Gasteiger partial charge in [0.05, 0.1) is 11.6 Å². The van der Waals surface area contributed by atoms with Gasteiger partial charge in [0, 0.05) is 11.3 Å². The molecule has 1 atom stereocenters. The number of amides is 1. The highest BCUT2D eigenvalue weighted by Crippen LogP contribution is 2.27. The molecule has 2 aromatic rings. The smallest absolute Gasteiger partial charge is 0.279 e. The number of nitrogens with two attached hydrogens (primary N) is 1. The van der Waals surface area contributed by atoms with Crippen molar-refractivity contribution in [1.29, 1.82) is 0 Å². The zero-order valence-electron chi connectivity index (χ0n) is 14.5. The molecule has 2 rings (SSSR count). The van der Waals surface area contributed by atoms with Crippen molar-refractivity contribution in [2.75, 3.05) is 19.0 Å². The molecule has 3 N–H and O–H groups in total. The van der Waals surface area contributed by atoms with E-state index >= 15 is 0 Å². The number of carbonyl (C=O) groups is 1. The van der Waals surface area contributed by atoms with Crippen LogP contribution in [0.3, 0.4) is 0 Å². The minimum absolute atomic E-state index is 0.00290. The molecular formula is C19H24BrN2O2+. The third kappa shape index (κ3) is 4.58. The standard InChI is InChI=1S/C19H23BrN2O2/c1-12-6-5-7-17(13(12)2)22-19(23)11-21-14(3)15-8-9-18(24-4)16(20)10-15/h5-10,14,21H,11H2,1-4H3,(H,22,23)/p+1/t14-/m1/s1. The van der Waals surface area contributed by atoms with Crippen LogP contribution in [-0.4, -0.2) is 19.6 Å². The van der Waals surface area contributed by atoms with Gasteiger partial charge >= 0.3 is 0 Å². The summed E-state index contributed by atoms with van der Waals surface area (Å²) < 4.78 is 6.16. The van der Waals surface area contributed by atoms with Gasteiger partial charge in [-0.15, -0.1) is 0 Å². The summed E-state index contributed by atoms with van der Waals surface area (Å²) in [7, 11) is 1.65. The molecule has 0 aliphatic heterocycles. The average molecular weight is 392 g/mol. The van der Waals surface area contributed by atoms with Crippen molar-refractivity contribution in [3.8, 4) is 5.75 Å². The Labute approximate surface area is 151 Å². The molecule has 0 bridgehead atoms. The summed E-state index contributed by atoms with van der Waals surface area (Å²) in [6.07, 6.45) is 0. The first-order chi connectivity index (χ1) is 11.4. The summed E-state index contributed by atoms with van der Waals surface area (Å²) in [6, 6.07) is 12.1. The van der Waals surface area contributed by atoms with Gasteiger partial charge in [0.1, 0.15) is 11.8 Å². The second kappa shape index (κ2) is 8.31. The van der Waals surface area contributed by atoms with Crippen molar-refractivity contribution in [2.45, 2.75) is 26.8 Å². The van der Waals surface area contributed by atoms with E-state index in [1.165, 1.54) is 5.56 Å². The zero-order valence-corrected chi connectivity index (χ0v) is 16.1. The largest absolute Gasteiger partial charge is 0.496 e. The van der Waals surface area contributed by atoms with Gasteiger partial charge in [-0.3, -0.25) is 4.79 Å². The quantitative estimate of drug-likeness (QED) is 0.793. The fraction of sp³-hybridized carbons (Fsp3) is 0.316. The number of benzene rings is 2. The molecule has 0 aliphatic rings. The van der Waals surface area contributed by atoms with Gasteiger partial charge in [-0.1, -0.05) is 12.1 Å². The Morgan fingerprint density at radius 2 is 2.04 bits per heavy atom. The van der Waals surface area contributed by atoms with E-state index in [9.17, 15) is 4.79 Å². The molecule has 0 saturated heterocycles. The number of methoxy groups -OCH3 is 1. The molecule has 0 spiro atoms. The Balaban J connectivity index is 1.93. The van der Waals surface area contributed by atoms with Gasteiger partial charge in [0.25, 0.3) is 5.91 Å². The predicted molar refractivity (Wildman–Crippen MR) is 100 cm³/mol. The van der Waals surface area contributed by atoms with Crippen molar-refractivity contribution in [3.05, 3.63) is 57.6 Å². The van der Waals surface area contributed by atoms with Crippen LogP contribution in [0, 0.1) is 13.8 Å². The normalized spacial score (nSPS) is 11.9. The number of halogens is 1. The molecule has 0 aliphatic carbocycles. The van der Waals surface area contributed by atoms with Crippen molar-refractivity contribution in [2.24, 2.45) is 0 Å². The Morgan fingerprint density at radius 3 is 2.71 bits per heavy atom. The van der Waals surface area contributed by atoms with E-state index in [1.807, 2.05) is 55.6 Å². The van der Waals surface area contributed by atoms with E-state index in [-0.39, 0.29) is 11.9 Å². The third-order valence-electron chi connectivity index (χ3n) is 4.24. The van der Waals surface area contributed by atoms with Gasteiger partial charge in [0.15, 0.2) is 6.54 Å². The lowest BCUT2D eigenvalue weighted by Crippen LogP contribution is -2.86. The van der Waals surface area contributed by atoms with Crippen LogP contribution < -0.4 is 15.4 Å². The average Bonchev–Trinajstić information content (AvgIpc) is 2.56. The molecule has 0 heterocycles. The van der Waals surface area contributed by atoms with Gasteiger partial charge in [-0.25, -0.2) is 0 Å². The molecule has 0 aromatic heterocycles. The van der Waals surface area contributed by atoms with E-state index in [4.69, 9.17) is 4.74 Å².